The molecule has 3 rings (SSSR count). The van der Waals surface area contributed by atoms with Gasteiger partial charge in [-0.25, -0.2) is 9.78 Å². The Morgan fingerprint density at radius 3 is 2.28 bits per heavy atom. The summed E-state index contributed by atoms with van der Waals surface area (Å²) in [5.41, 5.74) is 0.607. The van der Waals surface area contributed by atoms with Crippen LogP contribution >= 0.6 is 0 Å². The number of amides is 1. The first-order chi connectivity index (χ1) is 12.1. The first-order valence-electron chi connectivity index (χ1n) is 7.45. The van der Waals surface area contributed by atoms with E-state index in [0.29, 0.717) is 11.4 Å². The van der Waals surface area contributed by atoms with Crippen LogP contribution in [0, 0.1) is 0 Å². The second-order valence-corrected chi connectivity index (χ2v) is 5.13. The molecule has 0 unspecified atom stereocenters. The molecule has 1 aromatic heterocycles. The van der Waals surface area contributed by atoms with Gasteiger partial charge in [0.15, 0.2) is 0 Å². The number of anilines is 1. The lowest BCUT2D eigenvalue weighted by Gasteiger charge is -2.08. The average molecular weight is 334 g/mol. The molecule has 0 aliphatic heterocycles. The van der Waals surface area contributed by atoms with E-state index in [4.69, 9.17) is 9.84 Å². The van der Waals surface area contributed by atoms with Gasteiger partial charge in [-0.2, -0.15) is 0 Å². The van der Waals surface area contributed by atoms with Gasteiger partial charge in [0.05, 0.1) is 0 Å². The summed E-state index contributed by atoms with van der Waals surface area (Å²) in [6.45, 7) is 0. The van der Waals surface area contributed by atoms with Gasteiger partial charge in [0.2, 0.25) is 0 Å². The molecule has 0 fully saturated rings. The average Bonchev–Trinajstić information content (AvgIpc) is 2.64. The van der Waals surface area contributed by atoms with Crippen LogP contribution in [-0.4, -0.2) is 22.0 Å². The van der Waals surface area contributed by atoms with Crippen molar-refractivity contribution in [1.82, 2.24) is 4.98 Å². The molecule has 0 atom stereocenters. The molecule has 0 saturated heterocycles. The number of pyridine rings is 1. The van der Waals surface area contributed by atoms with Crippen LogP contribution in [0.25, 0.3) is 0 Å². The van der Waals surface area contributed by atoms with Gasteiger partial charge in [-0.1, -0.05) is 18.2 Å². The van der Waals surface area contributed by atoms with E-state index in [1.807, 2.05) is 30.3 Å². The third-order valence-electron chi connectivity index (χ3n) is 3.33. The van der Waals surface area contributed by atoms with Gasteiger partial charge in [-0.3, -0.25) is 4.79 Å². The summed E-state index contributed by atoms with van der Waals surface area (Å²) in [5.74, 6) is -0.239. The number of rotatable bonds is 5. The minimum Gasteiger partial charge on any atom is -0.477 e. The van der Waals surface area contributed by atoms with Gasteiger partial charge in [-0.15, -0.1) is 0 Å². The van der Waals surface area contributed by atoms with Crippen LogP contribution in [-0.2, 0) is 0 Å². The van der Waals surface area contributed by atoms with Crippen molar-refractivity contribution in [2.24, 2.45) is 0 Å². The van der Waals surface area contributed by atoms with Crippen LogP contribution in [0.5, 0.6) is 11.5 Å². The Morgan fingerprint density at radius 2 is 1.60 bits per heavy atom. The van der Waals surface area contributed by atoms with E-state index < -0.39 is 11.9 Å². The summed E-state index contributed by atoms with van der Waals surface area (Å²) in [4.78, 5) is 26.8. The monoisotopic (exact) mass is 334 g/mol. The molecule has 0 spiro atoms. The van der Waals surface area contributed by atoms with Crippen molar-refractivity contribution >= 4 is 17.6 Å². The summed E-state index contributed by atoms with van der Waals surface area (Å²) in [6.07, 6.45) is 1.29. The van der Waals surface area contributed by atoms with Crippen LogP contribution in [0.4, 0.5) is 5.69 Å². The predicted octanol–water partition coefficient (Wildman–Crippen LogP) is 3.82. The van der Waals surface area contributed by atoms with Gasteiger partial charge >= 0.3 is 5.97 Å². The van der Waals surface area contributed by atoms with E-state index in [2.05, 4.69) is 10.3 Å². The fourth-order valence-electron chi connectivity index (χ4n) is 2.12. The number of aromatic carboxylic acids is 1. The highest BCUT2D eigenvalue weighted by Crippen LogP contribution is 2.22. The second-order valence-electron chi connectivity index (χ2n) is 5.13. The van der Waals surface area contributed by atoms with Crippen molar-refractivity contribution in [3.05, 3.63) is 84.2 Å². The number of carboxylic acids is 1. The number of nitrogens with one attached hydrogen (secondary N) is 1. The lowest BCUT2D eigenvalue weighted by atomic mass is 10.2. The van der Waals surface area contributed by atoms with Gasteiger partial charge in [-0.05, 0) is 48.5 Å². The second kappa shape index (κ2) is 7.27. The van der Waals surface area contributed by atoms with Crippen molar-refractivity contribution in [2.45, 2.75) is 0 Å². The number of carbonyl (C=O) groups excluding carboxylic acids is 1. The molecule has 2 aromatic carbocycles. The Labute approximate surface area is 143 Å². The van der Waals surface area contributed by atoms with Crippen molar-refractivity contribution < 1.29 is 19.4 Å². The zero-order valence-corrected chi connectivity index (χ0v) is 13.0. The standard InChI is InChI=1S/C19H14N2O4/c22-18(13-10-11-20-17(12-13)19(23)24)21-14-6-8-16(9-7-14)25-15-4-2-1-3-5-15/h1-12H,(H,21,22)(H,23,24). The molecule has 0 saturated carbocycles. The minimum absolute atomic E-state index is 0.181. The normalized spacial score (nSPS) is 10.1. The molecule has 25 heavy (non-hydrogen) atoms. The first-order valence-corrected chi connectivity index (χ1v) is 7.45. The molecule has 6 heteroatoms. The van der Waals surface area contributed by atoms with E-state index in [0.717, 1.165) is 5.75 Å². The highest BCUT2D eigenvalue weighted by molar-refractivity contribution is 6.05. The molecule has 124 valence electrons. The largest absolute Gasteiger partial charge is 0.477 e. The summed E-state index contributed by atoms with van der Waals surface area (Å²) < 4.78 is 5.68. The molecular weight excluding hydrogens is 320 g/mol. The van der Waals surface area contributed by atoms with Crippen molar-refractivity contribution in [2.75, 3.05) is 5.32 Å². The molecule has 0 bridgehead atoms. The lowest BCUT2D eigenvalue weighted by molar-refractivity contribution is 0.0690. The highest BCUT2D eigenvalue weighted by Gasteiger charge is 2.11. The molecule has 0 aliphatic carbocycles. The number of nitrogens with zero attached hydrogens (tertiary/aromatic N) is 1. The zero-order valence-electron chi connectivity index (χ0n) is 13.0. The SMILES string of the molecule is O=C(Nc1ccc(Oc2ccccc2)cc1)c1ccnc(C(=O)O)c1. The van der Waals surface area contributed by atoms with E-state index >= 15 is 0 Å². The fraction of sp³-hybridized carbons (Fsp3) is 0. The van der Waals surface area contributed by atoms with E-state index in [1.165, 1.54) is 18.3 Å². The Balaban J connectivity index is 1.68. The molecule has 0 radical (unpaired) electrons. The van der Waals surface area contributed by atoms with Crippen molar-refractivity contribution in [3.63, 3.8) is 0 Å². The summed E-state index contributed by atoms with van der Waals surface area (Å²) in [5, 5.41) is 11.6. The van der Waals surface area contributed by atoms with Crippen LogP contribution < -0.4 is 10.1 Å². The fourth-order valence-corrected chi connectivity index (χ4v) is 2.12. The van der Waals surface area contributed by atoms with Gasteiger partial charge < -0.3 is 15.2 Å². The molecule has 1 heterocycles. The van der Waals surface area contributed by atoms with E-state index in [9.17, 15) is 9.59 Å². The number of benzene rings is 2. The summed E-state index contributed by atoms with van der Waals surface area (Å²) in [7, 11) is 0. The number of aromatic nitrogens is 1. The summed E-state index contributed by atoms with van der Waals surface area (Å²) >= 11 is 0. The summed E-state index contributed by atoms with van der Waals surface area (Å²) in [6, 6.07) is 18.9. The highest BCUT2D eigenvalue weighted by atomic mass is 16.5. The van der Waals surface area contributed by atoms with Gasteiger partial charge in [0, 0.05) is 17.4 Å². The number of hydrogen-bond acceptors (Lipinski definition) is 4. The van der Waals surface area contributed by atoms with Crippen LogP contribution in [0.15, 0.2) is 72.9 Å². The Hall–Kier alpha value is -3.67. The topological polar surface area (TPSA) is 88.5 Å². The number of ether oxygens (including phenoxy) is 1. The maximum Gasteiger partial charge on any atom is 0.354 e. The zero-order chi connectivity index (χ0) is 17.6. The van der Waals surface area contributed by atoms with Crippen LogP contribution in [0.1, 0.15) is 20.8 Å². The Morgan fingerprint density at radius 1 is 0.920 bits per heavy atom. The molecule has 1 amide bonds. The van der Waals surface area contributed by atoms with Gasteiger partial charge in [0.25, 0.3) is 5.91 Å². The van der Waals surface area contributed by atoms with Gasteiger partial charge in [0.1, 0.15) is 17.2 Å². The lowest BCUT2D eigenvalue weighted by Crippen LogP contribution is -2.13. The van der Waals surface area contributed by atoms with E-state index in [-0.39, 0.29) is 11.3 Å². The first kappa shape index (κ1) is 16.2. The molecule has 3 aromatic rings. The Kier molecular flexibility index (Phi) is 4.71. The molecular formula is C19H14N2O4. The molecule has 0 aliphatic rings. The number of carboxylic acid groups (broad SMARTS) is 1. The van der Waals surface area contributed by atoms with Crippen LogP contribution in [0.3, 0.4) is 0 Å². The smallest absolute Gasteiger partial charge is 0.354 e. The maximum atomic E-state index is 12.2. The molecule has 6 nitrogen and oxygen atoms in total. The Bertz CT molecular complexity index is 893. The minimum atomic E-state index is -1.18. The third kappa shape index (κ3) is 4.20. The quantitative estimate of drug-likeness (QED) is 0.740. The number of carbonyl (C=O) groups is 2. The van der Waals surface area contributed by atoms with Crippen molar-refractivity contribution in [3.8, 4) is 11.5 Å². The number of hydrogen-bond donors (Lipinski definition) is 2. The predicted molar refractivity (Wildman–Crippen MR) is 92.1 cm³/mol. The third-order valence-corrected chi connectivity index (χ3v) is 3.33. The number of para-hydroxylation sites is 1. The van der Waals surface area contributed by atoms with E-state index in [1.54, 1.807) is 24.3 Å². The van der Waals surface area contributed by atoms with Crippen LogP contribution in [0.2, 0.25) is 0 Å². The molecule has 2 N–H and O–H groups in total. The maximum absolute atomic E-state index is 12.2. The van der Waals surface area contributed by atoms with Crippen molar-refractivity contribution in [1.29, 1.82) is 0 Å².